The number of nitrogens with one attached hydrogen (secondary N) is 1. The Kier molecular flexibility index (Phi) is 4.35. The van der Waals surface area contributed by atoms with Crippen LogP contribution in [0.2, 0.25) is 0 Å². The highest BCUT2D eigenvalue weighted by Gasteiger charge is 2.27. The van der Waals surface area contributed by atoms with E-state index in [9.17, 15) is 4.79 Å². The second-order valence-corrected chi connectivity index (χ2v) is 3.98. The fraction of sp³-hybridized carbons (Fsp3) is 0.900. The number of hydrogen-bond acceptors (Lipinski definition) is 3. The first-order valence-electron chi connectivity index (χ1n) is 5.22. The standard InChI is InChI=1S/C10H20N2O2/c1-7-4-3-5-8(7)12-10(13)9(6-11)14-2/h7-9H,3-6,11H2,1-2H3,(H,12,13). The van der Waals surface area contributed by atoms with Gasteiger partial charge in [-0.05, 0) is 18.8 Å². The Hall–Kier alpha value is -0.610. The van der Waals surface area contributed by atoms with Gasteiger partial charge in [-0.1, -0.05) is 13.3 Å². The van der Waals surface area contributed by atoms with Crippen molar-refractivity contribution in [3.63, 3.8) is 0 Å². The van der Waals surface area contributed by atoms with Crippen LogP contribution in [0.3, 0.4) is 0 Å². The summed E-state index contributed by atoms with van der Waals surface area (Å²) in [5.74, 6) is 0.503. The van der Waals surface area contributed by atoms with E-state index in [0.717, 1.165) is 6.42 Å². The van der Waals surface area contributed by atoms with Crippen molar-refractivity contribution in [1.82, 2.24) is 5.32 Å². The molecule has 3 unspecified atom stereocenters. The predicted molar refractivity (Wildman–Crippen MR) is 54.8 cm³/mol. The maximum absolute atomic E-state index is 11.6. The molecule has 0 bridgehead atoms. The highest BCUT2D eigenvalue weighted by atomic mass is 16.5. The monoisotopic (exact) mass is 200 g/mol. The largest absolute Gasteiger partial charge is 0.370 e. The van der Waals surface area contributed by atoms with Crippen molar-refractivity contribution in [3.8, 4) is 0 Å². The summed E-state index contributed by atoms with van der Waals surface area (Å²) in [6.45, 7) is 2.41. The molecule has 82 valence electrons. The maximum atomic E-state index is 11.6. The molecule has 0 spiro atoms. The Labute approximate surface area is 85.2 Å². The minimum Gasteiger partial charge on any atom is -0.370 e. The molecule has 0 aromatic rings. The average Bonchev–Trinajstić information content (AvgIpc) is 2.54. The lowest BCUT2D eigenvalue weighted by molar-refractivity contribution is -0.131. The zero-order valence-electron chi connectivity index (χ0n) is 8.95. The Morgan fingerprint density at radius 2 is 2.36 bits per heavy atom. The second-order valence-electron chi connectivity index (χ2n) is 3.98. The molecule has 14 heavy (non-hydrogen) atoms. The molecule has 3 atom stereocenters. The van der Waals surface area contributed by atoms with Gasteiger partial charge in [0.15, 0.2) is 0 Å². The predicted octanol–water partition coefficient (Wildman–Crippen LogP) is 0.265. The van der Waals surface area contributed by atoms with E-state index in [0.29, 0.717) is 12.0 Å². The lowest BCUT2D eigenvalue weighted by Gasteiger charge is -2.20. The van der Waals surface area contributed by atoms with E-state index in [1.54, 1.807) is 0 Å². The van der Waals surface area contributed by atoms with Crippen molar-refractivity contribution in [3.05, 3.63) is 0 Å². The van der Waals surface area contributed by atoms with Crippen molar-refractivity contribution >= 4 is 5.91 Å². The molecular weight excluding hydrogens is 180 g/mol. The van der Waals surface area contributed by atoms with E-state index in [-0.39, 0.29) is 12.5 Å². The van der Waals surface area contributed by atoms with Gasteiger partial charge in [-0.15, -0.1) is 0 Å². The third-order valence-electron chi connectivity index (χ3n) is 2.98. The first-order valence-corrected chi connectivity index (χ1v) is 5.22. The molecule has 1 saturated carbocycles. The number of ether oxygens (including phenoxy) is 1. The lowest BCUT2D eigenvalue weighted by atomic mass is 10.1. The number of amides is 1. The zero-order valence-corrected chi connectivity index (χ0v) is 8.95. The van der Waals surface area contributed by atoms with Crippen LogP contribution in [-0.4, -0.2) is 31.7 Å². The van der Waals surface area contributed by atoms with Gasteiger partial charge >= 0.3 is 0 Å². The molecule has 0 radical (unpaired) electrons. The first-order chi connectivity index (χ1) is 6.69. The number of rotatable bonds is 4. The summed E-state index contributed by atoms with van der Waals surface area (Å²) in [6.07, 6.45) is 2.98. The number of hydrogen-bond donors (Lipinski definition) is 2. The number of carbonyl (C=O) groups is 1. The zero-order chi connectivity index (χ0) is 10.6. The van der Waals surface area contributed by atoms with E-state index in [1.807, 2.05) is 0 Å². The molecule has 1 aliphatic rings. The van der Waals surface area contributed by atoms with Crippen molar-refractivity contribution in [2.45, 2.75) is 38.3 Å². The van der Waals surface area contributed by atoms with Crippen molar-refractivity contribution in [1.29, 1.82) is 0 Å². The van der Waals surface area contributed by atoms with Gasteiger partial charge in [0.2, 0.25) is 0 Å². The van der Waals surface area contributed by atoms with E-state index in [1.165, 1.54) is 20.0 Å². The summed E-state index contributed by atoms with van der Waals surface area (Å²) in [5.41, 5.74) is 5.41. The number of carbonyl (C=O) groups excluding carboxylic acids is 1. The molecule has 0 aromatic carbocycles. The molecule has 1 aliphatic carbocycles. The Morgan fingerprint density at radius 1 is 1.64 bits per heavy atom. The summed E-state index contributed by atoms with van der Waals surface area (Å²) in [7, 11) is 1.51. The fourth-order valence-electron chi connectivity index (χ4n) is 1.95. The molecule has 1 rings (SSSR count). The summed E-state index contributed by atoms with van der Waals surface area (Å²) in [4.78, 5) is 11.6. The summed E-state index contributed by atoms with van der Waals surface area (Å²) in [5, 5.41) is 2.99. The highest BCUT2D eigenvalue weighted by Crippen LogP contribution is 2.24. The molecule has 4 nitrogen and oxygen atoms in total. The number of nitrogens with two attached hydrogens (primary N) is 1. The van der Waals surface area contributed by atoms with Crippen molar-refractivity contribution in [2.75, 3.05) is 13.7 Å². The summed E-state index contributed by atoms with van der Waals surface area (Å²) in [6, 6.07) is 0.312. The van der Waals surface area contributed by atoms with Crippen LogP contribution in [0.1, 0.15) is 26.2 Å². The van der Waals surface area contributed by atoms with Crippen LogP contribution < -0.4 is 11.1 Å². The molecule has 1 fully saturated rings. The number of methoxy groups -OCH3 is 1. The Balaban J connectivity index is 2.39. The van der Waals surface area contributed by atoms with Crippen LogP contribution in [0.5, 0.6) is 0 Å². The third kappa shape index (κ3) is 2.69. The molecular formula is C10H20N2O2. The van der Waals surface area contributed by atoms with Crippen LogP contribution >= 0.6 is 0 Å². The normalized spacial score (nSPS) is 28.8. The smallest absolute Gasteiger partial charge is 0.250 e. The highest BCUT2D eigenvalue weighted by molar-refractivity contribution is 5.81. The minimum atomic E-state index is -0.497. The van der Waals surface area contributed by atoms with Gasteiger partial charge in [0, 0.05) is 19.7 Å². The van der Waals surface area contributed by atoms with Gasteiger partial charge in [-0.25, -0.2) is 0 Å². The van der Waals surface area contributed by atoms with E-state index in [2.05, 4.69) is 12.2 Å². The molecule has 0 aliphatic heterocycles. The first kappa shape index (κ1) is 11.5. The van der Waals surface area contributed by atoms with Gasteiger partial charge < -0.3 is 15.8 Å². The SMILES string of the molecule is COC(CN)C(=O)NC1CCCC1C. The summed E-state index contributed by atoms with van der Waals surface area (Å²) >= 11 is 0. The lowest BCUT2D eigenvalue weighted by Crippen LogP contribution is -2.46. The van der Waals surface area contributed by atoms with Crippen molar-refractivity contribution < 1.29 is 9.53 Å². The van der Waals surface area contributed by atoms with Gasteiger partial charge in [0.25, 0.3) is 5.91 Å². The average molecular weight is 200 g/mol. The molecule has 3 N–H and O–H groups in total. The maximum Gasteiger partial charge on any atom is 0.250 e. The second kappa shape index (κ2) is 5.32. The van der Waals surface area contributed by atoms with Gasteiger partial charge in [0.1, 0.15) is 6.10 Å². The molecule has 0 saturated heterocycles. The quantitative estimate of drug-likeness (QED) is 0.684. The molecule has 1 amide bonds. The van der Waals surface area contributed by atoms with Crippen LogP contribution in [0, 0.1) is 5.92 Å². The molecule has 4 heteroatoms. The third-order valence-corrected chi connectivity index (χ3v) is 2.98. The fourth-order valence-corrected chi connectivity index (χ4v) is 1.95. The molecule has 0 heterocycles. The minimum absolute atomic E-state index is 0.0752. The van der Waals surface area contributed by atoms with Crippen LogP contribution in [0.15, 0.2) is 0 Å². The summed E-state index contributed by atoms with van der Waals surface area (Å²) < 4.78 is 4.97. The van der Waals surface area contributed by atoms with E-state index in [4.69, 9.17) is 10.5 Å². The van der Waals surface area contributed by atoms with E-state index < -0.39 is 6.10 Å². The van der Waals surface area contributed by atoms with Crippen LogP contribution in [0.4, 0.5) is 0 Å². The Morgan fingerprint density at radius 3 is 2.79 bits per heavy atom. The van der Waals surface area contributed by atoms with Gasteiger partial charge in [-0.2, -0.15) is 0 Å². The van der Waals surface area contributed by atoms with Crippen LogP contribution in [0.25, 0.3) is 0 Å². The Bertz CT molecular complexity index is 193. The molecule has 0 aromatic heterocycles. The van der Waals surface area contributed by atoms with E-state index >= 15 is 0 Å². The van der Waals surface area contributed by atoms with Gasteiger partial charge in [-0.3, -0.25) is 4.79 Å². The van der Waals surface area contributed by atoms with Gasteiger partial charge in [0.05, 0.1) is 0 Å². The van der Waals surface area contributed by atoms with Crippen LogP contribution in [-0.2, 0) is 9.53 Å². The topological polar surface area (TPSA) is 64.3 Å². The van der Waals surface area contributed by atoms with Crippen molar-refractivity contribution in [2.24, 2.45) is 11.7 Å².